The second-order valence-corrected chi connectivity index (χ2v) is 7.61. The number of carbonyl (C=O) groups is 4. The van der Waals surface area contributed by atoms with Crippen molar-refractivity contribution in [1.29, 1.82) is 0 Å². The molecule has 0 unspecified atom stereocenters. The number of carboxylic acids is 2. The minimum atomic E-state index is -1.16. The van der Waals surface area contributed by atoms with Crippen LogP contribution in [-0.2, 0) is 0 Å². The summed E-state index contributed by atoms with van der Waals surface area (Å²) >= 11 is 0. The topological polar surface area (TPSA) is 127 Å². The Bertz CT molecular complexity index is 1380. The van der Waals surface area contributed by atoms with Gasteiger partial charge in [0.15, 0.2) is 24.1 Å². The highest BCUT2D eigenvalue weighted by molar-refractivity contribution is 5.95. The zero-order chi connectivity index (χ0) is 25.7. The van der Waals surface area contributed by atoms with E-state index in [9.17, 15) is 29.4 Å². The highest BCUT2D eigenvalue weighted by Crippen LogP contribution is 2.36. The van der Waals surface area contributed by atoms with Crippen molar-refractivity contribution in [2.24, 2.45) is 0 Å². The molecule has 0 aliphatic rings. The monoisotopic (exact) mass is 482 g/mol. The Balaban J connectivity index is 1.79. The molecule has 4 aromatic carbocycles. The van der Waals surface area contributed by atoms with Crippen molar-refractivity contribution in [3.05, 3.63) is 107 Å². The molecule has 0 saturated carbocycles. The lowest BCUT2D eigenvalue weighted by Gasteiger charge is -2.15. The molecule has 0 atom stereocenters. The Labute approximate surface area is 204 Å². The molecule has 4 rings (SSSR count). The summed E-state index contributed by atoms with van der Waals surface area (Å²) in [7, 11) is 0. The van der Waals surface area contributed by atoms with Crippen LogP contribution in [0.4, 0.5) is 0 Å². The summed E-state index contributed by atoms with van der Waals surface area (Å²) in [6.07, 6.45) is 1.29. The summed E-state index contributed by atoms with van der Waals surface area (Å²) in [4.78, 5) is 57.5. The van der Waals surface area contributed by atoms with Crippen LogP contribution in [0, 0.1) is 0 Å². The minimum Gasteiger partial charge on any atom is -0.478 e. The average Bonchev–Trinajstić information content (AvgIpc) is 2.91. The predicted octanol–water partition coefficient (Wildman–Crippen LogP) is 5.41. The van der Waals surface area contributed by atoms with Gasteiger partial charge in [-0.3, -0.25) is 19.4 Å². The zero-order valence-electron chi connectivity index (χ0n) is 18.6. The van der Waals surface area contributed by atoms with Gasteiger partial charge in [-0.2, -0.15) is 0 Å². The Hall–Kier alpha value is -5.24. The molecule has 36 heavy (non-hydrogen) atoms. The second-order valence-electron chi connectivity index (χ2n) is 7.61. The first-order chi connectivity index (χ1) is 17.4. The lowest BCUT2D eigenvalue weighted by atomic mass is 9.97. The van der Waals surface area contributed by atoms with E-state index >= 15 is 0 Å². The molecule has 0 radical (unpaired) electrons. The molecule has 0 spiro atoms. The molecule has 4 aromatic rings. The van der Waals surface area contributed by atoms with Gasteiger partial charge < -0.3 is 10.2 Å². The molecule has 8 nitrogen and oxygen atoms in total. The fourth-order valence-corrected chi connectivity index (χ4v) is 3.67. The first-order valence-corrected chi connectivity index (χ1v) is 10.6. The predicted molar refractivity (Wildman–Crippen MR) is 130 cm³/mol. The Kier molecular flexibility index (Phi) is 6.87. The van der Waals surface area contributed by atoms with Crippen LogP contribution in [0.1, 0.15) is 41.4 Å². The highest BCUT2D eigenvalue weighted by Gasteiger charge is 2.18. The largest absolute Gasteiger partial charge is 0.478 e. The molecule has 0 bridgehead atoms. The molecular formula is C28H18O8. The van der Waals surface area contributed by atoms with E-state index in [1.54, 1.807) is 48.5 Å². The summed E-state index contributed by atoms with van der Waals surface area (Å²) in [6.45, 7) is 0. The quantitative estimate of drug-likeness (QED) is 0.184. The van der Waals surface area contributed by atoms with Crippen LogP contribution < -0.4 is 9.78 Å². The van der Waals surface area contributed by atoms with Crippen molar-refractivity contribution in [2.45, 2.75) is 0 Å². The molecule has 0 aliphatic heterocycles. The van der Waals surface area contributed by atoms with Crippen LogP contribution in [-0.4, -0.2) is 34.7 Å². The Morgan fingerprint density at radius 2 is 0.944 bits per heavy atom. The van der Waals surface area contributed by atoms with Gasteiger partial charge in [-0.05, 0) is 47.5 Å². The van der Waals surface area contributed by atoms with Gasteiger partial charge in [0.25, 0.3) is 0 Å². The van der Waals surface area contributed by atoms with Crippen molar-refractivity contribution < 1.29 is 39.2 Å². The maximum atomic E-state index is 11.6. The first kappa shape index (κ1) is 23.9. The van der Waals surface area contributed by atoms with E-state index in [4.69, 9.17) is 9.78 Å². The maximum absolute atomic E-state index is 11.6. The maximum Gasteiger partial charge on any atom is 0.335 e. The third-order valence-electron chi connectivity index (χ3n) is 5.43. The lowest BCUT2D eigenvalue weighted by molar-refractivity contribution is -0.0987. The third kappa shape index (κ3) is 4.83. The number of carboxylic acid groups (broad SMARTS) is 2. The average molecular weight is 482 g/mol. The van der Waals surface area contributed by atoms with Crippen LogP contribution in [0.3, 0.4) is 0 Å². The van der Waals surface area contributed by atoms with E-state index in [0.717, 1.165) is 0 Å². The van der Waals surface area contributed by atoms with E-state index in [1.807, 2.05) is 0 Å². The van der Waals surface area contributed by atoms with E-state index in [0.29, 0.717) is 46.0 Å². The normalized spacial score (nSPS) is 10.3. The number of aldehydes is 2. The fourth-order valence-electron chi connectivity index (χ4n) is 3.67. The standard InChI is InChI=1S/C28H18O8/c29-15-19-5-1-3-7-21(19)23-13-17(27(31)32)9-11-25(23)35-36-26-12-10-18(28(33)34)14-24(26)22-8-4-2-6-20(22)16-30/h1-16H,(H,31,32)(H,33,34). The van der Waals surface area contributed by atoms with Crippen molar-refractivity contribution in [2.75, 3.05) is 0 Å². The molecule has 0 amide bonds. The van der Waals surface area contributed by atoms with E-state index in [1.165, 1.54) is 36.4 Å². The van der Waals surface area contributed by atoms with Crippen molar-refractivity contribution in [3.8, 4) is 33.8 Å². The smallest absolute Gasteiger partial charge is 0.335 e. The summed E-state index contributed by atoms with van der Waals surface area (Å²) in [5, 5.41) is 18.9. The van der Waals surface area contributed by atoms with Crippen molar-refractivity contribution in [1.82, 2.24) is 0 Å². The van der Waals surface area contributed by atoms with E-state index < -0.39 is 11.9 Å². The van der Waals surface area contributed by atoms with E-state index in [-0.39, 0.29) is 22.6 Å². The van der Waals surface area contributed by atoms with Crippen LogP contribution in [0.15, 0.2) is 84.9 Å². The first-order valence-electron chi connectivity index (χ1n) is 10.6. The van der Waals surface area contributed by atoms with Crippen molar-refractivity contribution >= 4 is 24.5 Å². The molecule has 8 heteroatoms. The number of rotatable bonds is 9. The summed E-state index contributed by atoms with van der Waals surface area (Å²) in [6, 6.07) is 21.3. The van der Waals surface area contributed by atoms with Crippen LogP contribution in [0.25, 0.3) is 22.3 Å². The van der Waals surface area contributed by atoms with Gasteiger partial charge in [0, 0.05) is 22.3 Å². The molecule has 0 aliphatic carbocycles. The summed E-state index contributed by atoms with van der Waals surface area (Å²) in [5.41, 5.74) is 2.05. The number of hydrogen-bond donors (Lipinski definition) is 2. The zero-order valence-corrected chi connectivity index (χ0v) is 18.6. The Morgan fingerprint density at radius 1 is 0.556 bits per heavy atom. The van der Waals surface area contributed by atoms with Gasteiger partial charge in [0.05, 0.1) is 11.1 Å². The van der Waals surface area contributed by atoms with Gasteiger partial charge in [0.1, 0.15) is 0 Å². The van der Waals surface area contributed by atoms with Gasteiger partial charge in [-0.25, -0.2) is 9.59 Å². The van der Waals surface area contributed by atoms with Crippen LogP contribution in [0.5, 0.6) is 11.5 Å². The minimum absolute atomic E-state index is 0.0236. The molecule has 2 N–H and O–H groups in total. The third-order valence-corrected chi connectivity index (χ3v) is 5.43. The van der Waals surface area contributed by atoms with Crippen molar-refractivity contribution in [3.63, 3.8) is 0 Å². The van der Waals surface area contributed by atoms with Gasteiger partial charge >= 0.3 is 11.9 Å². The number of aromatic carboxylic acids is 2. The molecule has 0 heterocycles. The van der Waals surface area contributed by atoms with Crippen LogP contribution in [0.2, 0.25) is 0 Å². The van der Waals surface area contributed by atoms with Gasteiger partial charge in [-0.1, -0.05) is 48.5 Å². The number of hydrogen-bond acceptors (Lipinski definition) is 6. The van der Waals surface area contributed by atoms with E-state index in [2.05, 4.69) is 0 Å². The Morgan fingerprint density at radius 3 is 1.31 bits per heavy atom. The molecule has 0 aromatic heterocycles. The lowest BCUT2D eigenvalue weighted by Crippen LogP contribution is -2.06. The van der Waals surface area contributed by atoms with Gasteiger partial charge in [-0.15, -0.1) is 0 Å². The number of benzene rings is 4. The second kappa shape index (κ2) is 10.4. The van der Waals surface area contributed by atoms with Crippen LogP contribution >= 0.6 is 0 Å². The molecule has 0 fully saturated rings. The molecule has 0 saturated heterocycles. The SMILES string of the molecule is O=Cc1ccccc1-c1cc(C(=O)O)ccc1OOc1ccc(C(=O)O)cc1-c1ccccc1C=O. The summed E-state index contributed by atoms with van der Waals surface area (Å²) in [5.74, 6) is -2.09. The molecule has 178 valence electrons. The van der Waals surface area contributed by atoms with Gasteiger partial charge in [0.2, 0.25) is 0 Å². The fraction of sp³-hybridized carbons (Fsp3) is 0. The highest BCUT2D eigenvalue weighted by atomic mass is 17.2. The summed E-state index contributed by atoms with van der Waals surface area (Å²) < 4.78 is 0. The molecular weight excluding hydrogens is 464 g/mol. The number of carbonyl (C=O) groups excluding carboxylic acids is 2.